The number of aryl methyl sites for hydroxylation is 1. The van der Waals surface area contributed by atoms with Crippen LogP contribution in [0.1, 0.15) is 18.2 Å². The minimum atomic E-state index is -0.256. The average Bonchev–Trinajstić information content (AvgIpc) is 2.18. The third kappa shape index (κ3) is 2.53. The van der Waals surface area contributed by atoms with E-state index in [1.54, 1.807) is 6.07 Å². The molecule has 0 unspecified atom stereocenters. The van der Waals surface area contributed by atoms with E-state index in [0.29, 0.717) is 18.5 Å². The first-order chi connectivity index (χ1) is 6.67. The molecule has 0 bridgehead atoms. The van der Waals surface area contributed by atoms with Gasteiger partial charge in [0.05, 0.1) is 6.61 Å². The van der Waals surface area contributed by atoms with Crippen LogP contribution >= 0.6 is 0 Å². The topological polar surface area (TPSA) is 71.0 Å². The van der Waals surface area contributed by atoms with Crippen LogP contribution in [0.25, 0.3) is 0 Å². The Hall–Kier alpha value is -1.42. The second-order valence-electron chi connectivity index (χ2n) is 3.15. The van der Waals surface area contributed by atoms with Gasteiger partial charge in [0.2, 0.25) is 0 Å². The molecule has 0 fully saturated rings. The normalized spacial score (nSPS) is 10.1. The Kier molecular flexibility index (Phi) is 3.59. The number of hydrogen-bond acceptors (Lipinski definition) is 3. The number of rotatable bonds is 4. The average molecular weight is 194 g/mol. The Morgan fingerprint density at radius 1 is 1.57 bits per heavy atom. The fourth-order valence-corrected chi connectivity index (χ4v) is 1.23. The van der Waals surface area contributed by atoms with Crippen LogP contribution < -0.4 is 4.73 Å². The van der Waals surface area contributed by atoms with Crippen LogP contribution in [0.5, 0.6) is 0 Å². The summed E-state index contributed by atoms with van der Waals surface area (Å²) >= 11 is 0. The molecular weight excluding hydrogens is 180 g/mol. The van der Waals surface area contributed by atoms with E-state index in [2.05, 4.69) is 0 Å². The molecule has 1 aromatic heterocycles. The predicted molar refractivity (Wildman–Crippen MR) is 53.3 cm³/mol. The molecule has 0 amide bonds. The van der Waals surface area contributed by atoms with E-state index < -0.39 is 0 Å². The van der Waals surface area contributed by atoms with Gasteiger partial charge in [-0.3, -0.25) is 0 Å². The maximum absolute atomic E-state index is 11.3. The molecule has 0 atom stereocenters. The highest BCUT2D eigenvalue weighted by Crippen LogP contribution is 2.00. The van der Waals surface area contributed by atoms with Gasteiger partial charge in [0.15, 0.2) is 11.9 Å². The molecular formula is C10H14N2O2. The third-order valence-electron chi connectivity index (χ3n) is 2.03. The summed E-state index contributed by atoms with van der Waals surface area (Å²) in [6.07, 6.45) is 2.49. The van der Waals surface area contributed by atoms with E-state index in [1.165, 1.54) is 6.20 Å². The van der Waals surface area contributed by atoms with Gasteiger partial charge in [-0.15, -0.1) is 0 Å². The molecule has 0 aliphatic rings. The summed E-state index contributed by atoms with van der Waals surface area (Å²) in [4.78, 5) is 0. The van der Waals surface area contributed by atoms with Crippen molar-refractivity contribution >= 4 is 5.71 Å². The minimum Gasteiger partial charge on any atom is -0.618 e. The SMILES string of the molecule is CCc1ccc(CC(=N)CO)c[n+]1[O-]. The van der Waals surface area contributed by atoms with Gasteiger partial charge < -0.3 is 15.7 Å². The molecule has 2 N–H and O–H groups in total. The number of aromatic nitrogens is 1. The monoisotopic (exact) mass is 194 g/mol. The summed E-state index contributed by atoms with van der Waals surface area (Å²) in [7, 11) is 0. The van der Waals surface area contributed by atoms with Gasteiger partial charge in [-0.2, -0.15) is 4.73 Å². The number of nitrogens with zero attached hydrogens (tertiary/aromatic N) is 1. The molecule has 0 aliphatic heterocycles. The quantitative estimate of drug-likeness (QED) is 0.414. The summed E-state index contributed by atoms with van der Waals surface area (Å²) in [5.74, 6) is 0. The number of aliphatic hydroxyl groups excluding tert-OH is 1. The van der Waals surface area contributed by atoms with Crippen molar-refractivity contribution in [2.45, 2.75) is 19.8 Å². The minimum absolute atomic E-state index is 0.217. The Morgan fingerprint density at radius 2 is 2.29 bits per heavy atom. The lowest BCUT2D eigenvalue weighted by Crippen LogP contribution is -2.31. The molecule has 4 heteroatoms. The molecule has 0 saturated carbocycles. The van der Waals surface area contributed by atoms with E-state index in [-0.39, 0.29) is 12.3 Å². The third-order valence-corrected chi connectivity index (χ3v) is 2.03. The molecule has 0 aromatic carbocycles. The van der Waals surface area contributed by atoms with Crippen molar-refractivity contribution in [2.75, 3.05) is 6.61 Å². The van der Waals surface area contributed by atoms with Crippen molar-refractivity contribution in [1.29, 1.82) is 5.41 Å². The fourth-order valence-electron chi connectivity index (χ4n) is 1.23. The van der Waals surface area contributed by atoms with E-state index >= 15 is 0 Å². The summed E-state index contributed by atoms with van der Waals surface area (Å²) in [6.45, 7) is 1.66. The van der Waals surface area contributed by atoms with Crippen LogP contribution in [0.4, 0.5) is 0 Å². The molecule has 4 nitrogen and oxygen atoms in total. The van der Waals surface area contributed by atoms with Crippen LogP contribution in [0, 0.1) is 10.6 Å². The predicted octanol–water partition coefficient (Wildman–Crippen LogP) is 0.437. The summed E-state index contributed by atoms with van der Waals surface area (Å²) < 4.78 is 0.819. The highest BCUT2D eigenvalue weighted by Gasteiger charge is 2.05. The zero-order chi connectivity index (χ0) is 10.6. The standard InChI is InChI=1S/C10H14N2O2/c1-2-10-4-3-8(6-12(10)14)5-9(11)7-13/h3-4,6,11,13H,2,5,7H2,1H3. The molecule has 0 spiro atoms. The van der Waals surface area contributed by atoms with Gasteiger partial charge in [0, 0.05) is 30.2 Å². The molecule has 0 saturated heterocycles. The van der Waals surface area contributed by atoms with E-state index in [9.17, 15) is 5.21 Å². The number of aliphatic hydroxyl groups is 1. The highest BCUT2D eigenvalue weighted by atomic mass is 16.5. The largest absolute Gasteiger partial charge is 0.618 e. The van der Waals surface area contributed by atoms with Crippen LogP contribution in [0.2, 0.25) is 0 Å². The summed E-state index contributed by atoms with van der Waals surface area (Å²) in [5.41, 5.74) is 1.69. The molecule has 14 heavy (non-hydrogen) atoms. The molecule has 76 valence electrons. The van der Waals surface area contributed by atoms with Crippen molar-refractivity contribution in [3.8, 4) is 0 Å². The van der Waals surface area contributed by atoms with Crippen molar-refractivity contribution in [3.05, 3.63) is 34.8 Å². The lowest BCUT2D eigenvalue weighted by Gasteiger charge is -2.04. The van der Waals surface area contributed by atoms with Crippen molar-refractivity contribution < 1.29 is 9.84 Å². The van der Waals surface area contributed by atoms with Gasteiger partial charge in [-0.1, -0.05) is 6.92 Å². The molecule has 1 aromatic rings. The molecule has 1 rings (SSSR count). The van der Waals surface area contributed by atoms with Crippen LogP contribution in [0.3, 0.4) is 0 Å². The maximum atomic E-state index is 11.3. The molecule has 0 radical (unpaired) electrons. The van der Waals surface area contributed by atoms with Gasteiger partial charge in [-0.25, -0.2) is 0 Å². The van der Waals surface area contributed by atoms with E-state index in [1.807, 2.05) is 13.0 Å². The fraction of sp³-hybridized carbons (Fsp3) is 0.400. The van der Waals surface area contributed by atoms with Crippen molar-refractivity contribution in [3.63, 3.8) is 0 Å². The van der Waals surface area contributed by atoms with Gasteiger partial charge >= 0.3 is 0 Å². The van der Waals surface area contributed by atoms with E-state index in [4.69, 9.17) is 10.5 Å². The van der Waals surface area contributed by atoms with Gasteiger partial charge in [-0.05, 0) is 6.07 Å². The lowest BCUT2D eigenvalue weighted by atomic mass is 10.1. The Bertz CT molecular complexity index is 337. The van der Waals surface area contributed by atoms with Crippen LogP contribution in [-0.2, 0) is 12.8 Å². The number of hydrogen-bond donors (Lipinski definition) is 2. The van der Waals surface area contributed by atoms with Crippen LogP contribution in [0.15, 0.2) is 18.3 Å². The zero-order valence-corrected chi connectivity index (χ0v) is 8.16. The first kappa shape index (κ1) is 10.7. The second kappa shape index (κ2) is 4.72. The lowest BCUT2D eigenvalue weighted by molar-refractivity contribution is -0.614. The zero-order valence-electron chi connectivity index (χ0n) is 8.16. The Balaban J connectivity index is 2.81. The van der Waals surface area contributed by atoms with Crippen molar-refractivity contribution in [2.24, 2.45) is 0 Å². The van der Waals surface area contributed by atoms with Crippen LogP contribution in [-0.4, -0.2) is 17.4 Å². The molecule has 1 heterocycles. The van der Waals surface area contributed by atoms with Gasteiger partial charge in [0.1, 0.15) is 0 Å². The Labute approximate surface area is 82.9 Å². The van der Waals surface area contributed by atoms with E-state index in [0.717, 1.165) is 10.3 Å². The van der Waals surface area contributed by atoms with Gasteiger partial charge in [0.25, 0.3) is 0 Å². The smallest absolute Gasteiger partial charge is 0.192 e. The Morgan fingerprint density at radius 3 is 2.79 bits per heavy atom. The van der Waals surface area contributed by atoms with Crippen molar-refractivity contribution in [1.82, 2.24) is 0 Å². The first-order valence-electron chi connectivity index (χ1n) is 4.55. The number of pyridine rings is 1. The maximum Gasteiger partial charge on any atom is 0.192 e. The highest BCUT2D eigenvalue weighted by molar-refractivity contribution is 5.84. The first-order valence-corrected chi connectivity index (χ1v) is 4.55. The summed E-state index contributed by atoms with van der Waals surface area (Å²) in [5, 5.41) is 27.3. The number of nitrogens with one attached hydrogen (secondary N) is 1. The second-order valence-corrected chi connectivity index (χ2v) is 3.15. The molecule has 0 aliphatic carbocycles. The summed E-state index contributed by atoms with van der Waals surface area (Å²) in [6, 6.07) is 3.57.